The molecule has 1 heterocycles. The van der Waals surface area contributed by atoms with E-state index in [9.17, 15) is 9.59 Å². The molecule has 0 saturated carbocycles. The first kappa shape index (κ1) is 33.7. The summed E-state index contributed by atoms with van der Waals surface area (Å²) in [5.74, 6) is 0.132. The highest BCUT2D eigenvalue weighted by molar-refractivity contribution is 6.01. The second-order valence-electron chi connectivity index (χ2n) is 12.1. The van der Waals surface area contributed by atoms with Crippen LogP contribution in [0.3, 0.4) is 0 Å². The van der Waals surface area contributed by atoms with Gasteiger partial charge in [-0.2, -0.15) is 0 Å². The van der Waals surface area contributed by atoms with E-state index < -0.39 is 29.1 Å². The molecule has 0 aliphatic carbocycles. The third-order valence-corrected chi connectivity index (χ3v) is 7.34. The highest BCUT2D eigenvalue weighted by Gasteiger charge is 2.53. The number of ether oxygens (including phenoxy) is 3. The summed E-state index contributed by atoms with van der Waals surface area (Å²) >= 11 is 0. The second-order valence-corrected chi connectivity index (χ2v) is 12.1. The molecule has 0 unspecified atom stereocenters. The molecule has 3 N–H and O–H groups in total. The van der Waals surface area contributed by atoms with Crippen LogP contribution in [0.5, 0.6) is 5.75 Å². The predicted octanol–water partition coefficient (Wildman–Crippen LogP) is 5.91. The summed E-state index contributed by atoms with van der Waals surface area (Å²) in [7, 11) is 0. The van der Waals surface area contributed by atoms with Crippen LogP contribution in [0.25, 0.3) is 11.1 Å². The fraction of sp³-hybridized carbons (Fsp3) is 0.417. The van der Waals surface area contributed by atoms with Crippen LogP contribution >= 0.6 is 0 Å². The van der Waals surface area contributed by atoms with Gasteiger partial charge in [0.2, 0.25) is 5.90 Å². The Labute approximate surface area is 266 Å². The summed E-state index contributed by atoms with van der Waals surface area (Å²) in [4.78, 5) is 32.0. The van der Waals surface area contributed by atoms with E-state index in [2.05, 4.69) is 17.8 Å². The summed E-state index contributed by atoms with van der Waals surface area (Å²) in [6.07, 6.45) is 1.61. The first-order chi connectivity index (χ1) is 21.6. The standard InChI is InChI=1S/C36H45N3O6/c1-5-6-23-37-39-34(42)36(22-21-31(41)45-35(2,3)4)32(28-15-13-27(14-16-28)26-11-8-7-9-12-26)44-33(38-36)29-17-19-30(20-18-29)43-25-10-24-40/h7-9,11-20,32,37,40H,5-6,10,21-25H2,1-4H3,(H,39,42)/t32-,36-/m0/s1. The Kier molecular flexibility index (Phi) is 11.7. The van der Waals surface area contributed by atoms with Crippen molar-refractivity contribution in [2.75, 3.05) is 19.8 Å². The van der Waals surface area contributed by atoms with E-state index in [1.807, 2.05) is 87.5 Å². The Bertz CT molecular complexity index is 1420. The molecule has 45 heavy (non-hydrogen) atoms. The molecule has 0 fully saturated rings. The number of esters is 1. The van der Waals surface area contributed by atoms with Gasteiger partial charge >= 0.3 is 5.97 Å². The normalized spacial score (nSPS) is 17.7. The van der Waals surface area contributed by atoms with Crippen molar-refractivity contribution < 1.29 is 28.9 Å². The van der Waals surface area contributed by atoms with E-state index in [1.54, 1.807) is 12.1 Å². The molecule has 0 bridgehead atoms. The first-order valence-electron chi connectivity index (χ1n) is 15.7. The highest BCUT2D eigenvalue weighted by Crippen LogP contribution is 2.43. The molecular formula is C36H45N3O6. The monoisotopic (exact) mass is 615 g/mol. The van der Waals surface area contributed by atoms with Gasteiger partial charge in [-0.15, -0.1) is 0 Å². The molecule has 1 aliphatic heterocycles. The largest absolute Gasteiger partial charge is 0.494 e. The molecule has 0 aromatic heterocycles. The summed E-state index contributed by atoms with van der Waals surface area (Å²) < 4.78 is 17.8. The van der Waals surface area contributed by atoms with Crippen LogP contribution in [0, 0.1) is 0 Å². The molecular weight excluding hydrogens is 570 g/mol. The van der Waals surface area contributed by atoms with Crippen molar-refractivity contribution in [1.29, 1.82) is 0 Å². The molecule has 9 heteroatoms. The van der Waals surface area contributed by atoms with Crippen molar-refractivity contribution in [3.63, 3.8) is 0 Å². The fourth-order valence-electron chi connectivity index (χ4n) is 5.05. The summed E-state index contributed by atoms with van der Waals surface area (Å²) in [6.45, 7) is 8.56. The zero-order valence-electron chi connectivity index (χ0n) is 26.7. The number of carbonyl (C=O) groups is 2. The van der Waals surface area contributed by atoms with Gasteiger partial charge in [-0.3, -0.25) is 15.0 Å². The number of nitrogens with one attached hydrogen (secondary N) is 2. The Morgan fingerprint density at radius 3 is 2.24 bits per heavy atom. The molecule has 0 spiro atoms. The van der Waals surface area contributed by atoms with E-state index >= 15 is 0 Å². The van der Waals surface area contributed by atoms with Gasteiger partial charge < -0.3 is 19.3 Å². The minimum Gasteiger partial charge on any atom is -0.494 e. The summed E-state index contributed by atoms with van der Waals surface area (Å²) in [6, 6.07) is 25.2. The Balaban J connectivity index is 1.71. The van der Waals surface area contributed by atoms with Crippen LogP contribution in [0.15, 0.2) is 83.9 Å². The molecule has 1 amide bonds. The zero-order valence-corrected chi connectivity index (χ0v) is 26.7. The van der Waals surface area contributed by atoms with Crippen molar-refractivity contribution in [1.82, 2.24) is 10.9 Å². The van der Waals surface area contributed by atoms with Crippen molar-refractivity contribution in [2.24, 2.45) is 4.99 Å². The number of nitrogens with zero attached hydrogens (tertiary/aromatic N) is 1. The predicted molar refractivity (Wildman–Crippen MR) is 175 cm³/mol. The SMILES string of the molecule is CCCCNNC(=O)[C@@]1(CCC(=O)OC(C)(C)C)N=C(c2ccc(OCCCO)cc2)O[C@H]1c1ccc(-c2ccccc2)cc1. The third kappa shape index (κ3) is 9.15. The van der Waals surface area contributed by atoms with E-state index in [0.717, 1.165) is 29.5 Å². The molecule has 2 atom stereocenters. The molecule has 0 radical (unpaired) electrons. The minimum absolute atomic E-state index is 0.0317. The van der Waals surface area contributed by atoms with Crippen LogP contribution in [-0.2, 0) is 19.1 Å². The van der Waals surface area contributed by atoms with Crippen LogP contribution in [0.2, 0.25) is 0 Å². The zero-order chi connectivity index (χ0) is 32.3. The van der Waals surface area contributed by atoms with Gasteiger partial charge in [-0.05, 0) is 74.6 Å². The molecule has 0 saturated heterocycles. The maximum atomic E-state index is 14.1. The van der Waals surface area contributed by atoms with Crippen molar-refractivity contribution in [2.45, 2.75) is 77.0 Å². The van der Waals surface area contributed by atoms with Crippen molar-refractivity contribution >= 4 is 17.8 Å². The fourth-order valence-corrected chi connectivity index (χ4v) is 5.05. The molecule has 3 aromatic rings. The number of aliphatic hydroxyl groups is 1. The van der Waals surface area contributed by atoms with Gasteiger partial charge in [0.15, 0.2) is 11.6 Å². The van der Waals surface area contributed by atoms with Gasteiger partial charge in [0, 0.05) is 31.6 Å². The van der Waals surface area contributed by atoms with Crippen LogP contribution in [0.1, 0.15) is 77.0 Å². The van der Waals surface area contributed by atoms with E-state index in [1.165, 1.54) is 0 Å². The van der Waals surface area contributed by atoms with Gasteiger partial charge in [-0.1, -0.05) is 67.9 Å². The number of carbonyl (C=O) groups excluding carboxylic acids is 2. The lowest BCUT2D eigenvalue weighted by Crippen LogP contribution is -2.53. The molecule has 9 nitrogen and oxygen atoms in total. The number of aliphatic imine (C=N–C) groups is 1. The van der Waals surface area contributed by atoms with E-state index in [4.69, 9.17) is 24.3 Å². The topological polar surface area (TPSA) is 118 Å². The van der Waals surface area contributed by atoms with Gasteiger partial charge in [0.25, 0.3) is 5.91 Å². The lowest BCUT2D eigenvalue weighted by molar-refractivity contribution is -0.155. The minimum atomic E-state index is -1.46. The van der Waals surface area contributed by atoms with Crippen molar-refractivity contribution in [3.8, 4) is 16.9 Å². The average molecular weight is 616 g/mol. The Morgan fingerprint density at radius 1 is 0.933 bits per heavy atom. The number of hydrazine groups is 1. The molecule has 240 valence electrons. The van der Waals surface area contributed by atoms with Crippen LogP contribution < -0.4 is 15.6 Å². The summed E-state index contributed by atoms with van der Waals surface area (Å²) in [5, 5.41) is 9.05. The number of unbranched alkanes of at least 4 members (excludes halogenated alkanes) is 1. The molecule has 3 aromatic carbocycles. The van der Waals surface area contributed by atoms with Crippen LogP contribution in [-0.4, -0.2) is 53.8 Å². The number of rotatable bonds is 15. The quantitative estimate of drug-likeness (QED) is 0.110. The molecule has 4 rings (SSSR count). The number of benzene rings is 3. The van der Waals surface area contributed by atoms with E-state index in [-0.39, 0.29) is 19.4 Å². The second kappa shape index (κ2) is 15.7. The lowest BCUT2D eigenvalue weighted by Gasteiger charge is -2.31. The maximum Gasteiger partial charge on any atom is 0.306 e. The van der Waals surface area contributed by atoms with Gasteiger partial charge in [0.05, 0.1) is 6.61 Å². The maximum absolute atomic E-state index is 14.1. The van der Waals surface area contributed by atoms with Crippen LogP contribution in [0.4, 0.5) is 0 Å². The molecule has 1 aliphatic rings. The number of aliphatic hydroxyl groups excluding tert-OH is 1. The van der Waals surface area contributed by atoms with Crippen molar-refractivity contribution in [3.05, 3.63) is 90.0 Å². The number of amides is 1. The smallest absolute Gasteiger partial charge is 0.306 e. The third-order valence-electron chi connectivity index (χ3n) is 7.34. The lowest BCUT2D eigenvalue weighted by atomic mass is 9.83. The van der Waals surface area contributed by atoms with Gasteiger partial charge in [-0.25, -0.2) is 10.4 Å². The number of hydrogen-bond acceptors (Lipinski definition) is 8. The highest BCUT2D eigenvalue weighted by atomic mass is 16.6. The Hall–Kier alpha value is -4.21. The Morgan fingerprint density at radius 2 is 1.60 bits per heavy atom. The van der Waals surface area contributed by atoms with E-state index in [0.29, 0.717) is 36.8 Å². The number of hydrogen-bond donors (Lipinski definition) is 3. The average Bonchev–Trinajstić information content (AvgIpc) is 3.43. The summed E-state index contributed by atoms with van der Waals surface area (Å²) in [5.41, 5.74) is 7.28. The van der Waals surface area contributed by atoms with Gasteiger partial charge in [0.1, 0.15) is 11.4 Å². The first-order valence-corrected chi connectivity index (χ1v) is 15.7.